The summed E-state index contributed by atoms with van der Waals surface area (Å²) in [5, 5.41) is 8.22. The van der Waals surface area contributed by atoms with Crippen LogP contribution in [0.25, 0.3) is 0 Å². The van der Waals surface area contributed by atoms with E-state index < -0.39 is 0 Å². The lowest BCUT2D eigenvalue weighted by molar-refractivity contribution is 0.988. The summed E-state index contributed by atoms with van der Waals surface area (Å²) in [5.74, 6) is 1.17. The zero-order valence-corrected chi connectivity index (χ0v) is 10.4. The largest absolute Gasteiger partial charge is 0.388 e. The highest BCUT2D eigenvalue weighted by Crippen LogP contribution is 2.28. The molecule has 5 heteroatoms. The molecular weight excluding hydrogens is 251 g/mol. The van der Waals surface area contributed by atoms with Crippen molar-refractivity contribution in [1.82, 2.24) is 0 Å². The number of hydrogen-bond donors (Lipinski definition) is 2. The first-order chi connectivity index (χ1) is 7.09. The Morgan fingerprint density at radius 3 is 2.67 bits per heavy atom. The van der Waals surface area contributed by atoms with Crippen LogP contribution in [-0.4, -0.2) is 11.6 Å². The van der Waals surface area contributed by atoms with Gasteiger partial charge in [0.2, 0.25) is 0 Å². The van der Waals surface area contributed by atoms with Crippen molar-refractivity contribution in [3.8, 4) is 0 Å². The molecule has 0 radical (unpaired) electrons. The smallest absolute Gasteiger partial charge is 0.0905 e. The van der Waals surface area contributed by atoms with Crippen LogP contribution in [0.4, 0.5) is 0 Å². The van der Waals surface area contributed by atoms with Crippen LogP contribution in [0.15, 0.2) is 23.1 Å². The van der Waals surface area contributed by atoms with E-state index in [4.69, 9.17) is 34.3 Å². The minimum atomic E-state index is 0.240. The molecule has 0 amide bonds. The Bertz CT molecular complexity index is 355. The van der Waals surface area contributed by atoms with Gasteiger partial charge >= 0.3 is 0 Å². The number of thioether (sulfide) groups is 1. The van der Waals surface area contributed by atoms with E-state index >= 15 is 0 Å². The van der Waals surface area contributed by atoms with E-state index in [9.17, 15) is 0 Å². The van der Waals surface area contributed by atoms with Crippen molar-refractivity contribution in [3.05, 3.63) is 28.2 Å². The summed E-state index contributed by atoms with van der Waals surface area (Å²) in [4.78, 5) is 1.09. The van der Waals surface area contributed by atoms with Crippen molar-refractivity contribution in [2.24, 2.45) is 5.73 Å². The maximum Gasteiger partial charge on any atom is 0.0905 e. The van der Waals surface area contributed by atoms with E-state index in [1.165, 1.54) is 0 Å². The SMILES string of the molecule is N=C(N)CCCSc1ccc(Cl)c(Cl)c1. The second kappa shape index (κ2) is 6.26. The van der Waals surface area contributed by atoms with Crippen LogP contribution in [0.2, 0.25) is 10.0 Å². The van der Waals surface area contributed by atoms with E-state index in [1.54, 1.807) is 17.8 Å². The Kier molecular flexibility index (Phi) is 5.29. The number of benzene rings is 1. The standard InChI is InChI=1S/C10H12Cl2N2S/c11-8-4-3-7(6-9(8)12)15-5-1-2-10(13)14/h3-4,6H,1-2,5H2,(H3,13,14). The van der Waals surface area contributed by atoms with Gasteiger partial charge in [-0.05, 0) is 30.4 Å². The maximum absolute atomic E-state index is 7.07. The van der Waals surface area contributed by atoms with Crippen LogP contribution in [0.3, 0.4) is 0 Å². The van der Waals surface area contributed by atoms with Crippen LogP contribution in [0.5, 0.6) is 0 Å². The Morgan fingerprint density at radius 1 is 1.33 bits per heavy atom. The van der Waals surface area contributed by atoms with Gasteiger partial charge in [-0.2, -0.15) is 0 Å². The topological polar surface area (TPSA) is 49.9 Å². The van der Waals surface area contributed by atoms with Gasteiger partial charge in [-0.15, -0.1) is 11.8 Å². The fraction of sp³-hybridized carbons (Fsp3) is 0.300. The Labute approximate surface area is 104 Å². The highest BCUT2D eigenvalue weighted by Gasteiger charge is 2.00. The lowest BCUT2D eigenvalue weighted by Gasteiger charge is -2.02. The predicted octanol–water partition coefficient (Wildman–Crippen LogP) is 3.80. The average Bonchev–Trinajstić information content (AvgIpc) is 2.18. The molecule has 0 aliphatic rings. The summed E-state index contributed by atoms with van der Waals surface area (Å²) in [6.45, 7) is 0. The third-order valence-corrected chi connectivity index (χ3v) is 3.57. The highest BCUT2D eigenvalue weighted by atomic mass is 35.5. The maximum atomic E-state index is 7.07. The molecule has 0 saturated carbocycles. The Hall–Kier alpha value is -0.380. The van der Waals surface area contributed by atoms with Crippen molar-refractivity contribution in [2.45, 2.75) is 17.7 Å². The van der Waals surface area contributed by atoms with Gasteiger partial charge in [0.25, 0.3) is 0 Å². The Morgan fingerprint density at radius 2 is 2.07 bits per heavy atom. The molecule has 0 atom stereocenters. The molecule has 0 aromatic heterocycles. The second-order valence-electron chi connectivity index (χ2n) is 3.05. The molecule has 1 rings (SSSR count). The molecular formula is C10H12Cl2N2S. The molecule has 0 heterocycles. The fourth-order valence-corrected chi connectivity index (χ4v) is 2.27. The first kappa shape index (κ1) is 12.7. The molecule has 0 bridgehead atoms. The van der Waals surface area contributed by atoms with Crippen LogP contribution in [0, 0.1) is 5.41 Å². The molecule has 82 valence electrons. The molecule has 0 saturated heterocycles. The first-order valence-corrected chi connectivity index (χ1v) is 6.24. The molecule has 1 aromatic rings. The van der Waals surface area contributed by atoms with Gasteiger partial charge in [-0.3, -0.25) is 5.41 Å². The Balaban J connectivity index is 2.38. The molecule has 15 heavy (non-hydrogen) atoms. The molecule has 1 aromatic carbocycles. The van der Waals surface area contributed by atoms with Crippen molar-refractivity contribution in [2.75, 3.05) is 5.75 Å². The second-order valence-corrected chi connectivity index (χ2v) is 5.04. The van der Waals surface area contributed by atoms with Gasteiger partial charge in [-0.25, -0.2) is 0 Å². The van der Waals surface area contributed by atoms with E-state index in [0.29, 0.717) is 16.5 Å². The number of amidine groups is 1. The average molecular weight is 263 g/mol. The van der Waals surface area contributed by atoms with Gasteiger partial charge < -0.3 is 5.73 Å². The zero-order valence-electron chi connectivity index (χ0n) is 8.09. The number of nitrogens with one attached hydrogen (secondary N) is 1. The van der Waals surface area contributed by atoms with E-state index in [0.717, 1.165) is 17.1 Å². The molecule has 0 spiro atoms. The minimum Gasteiger partial charge on any atom is -0.388 e. The van der Waals surface area contributed by atoms with E-state index in [1.807, 2.05) is 12.1 Å². The number of nitrogens with two attached hydrogens (primary N) is 1. The monoisotopic (exact) mass is 262 g/mol. The molecule has 2 nitrogen and oxygen atoms in total. The van der Waals surface area contributed by atoms with Gasteiger partial charge in [0.15, 0.2) is 0 Å². The van der Waals surface area contributed by atoms with Crippen molar-refractivity contribution in [1.29, 1.82) is 5.41 Å². The fourth-order valence-electron chi connectivity index (χ4n) is 1.02. The molecule has 0 aliphatic heterocycles. The van der Waals surface area contributed by atoms with Crippen LogP contribution in [-0.2, 0) is 0 Å². The highest BCUT2D eigenvalue weighted by molar-refractivity contribution is 7.99. The summed E-state index contributed by atoms with van der Waals surface area (Å²) >= 11 is 13.4. The van der Waals surface area contributed by atoms with Crippen LogP contribution < -0.4 is 5.73 Å². The zero-order chi connectivity index (χ0) is 11.3. The summed E-state index contributed by atoms with van der Waals surface area (Å²) in [6, 6.07) is 5.58. The summed E-state index contributed by atoms with van der Waals surface area (Å²) < 4.78 is 0. The van der Waals surface area contributed by atoms with Gasteiger partial charge in [0.05, 0.1) is 15.9 Å². The third kappa shape index (κ3) is 4.78. The van der Waals surface area contributed by atoms with Gasteiger partial charge in [-0.1, -0.05) is 23.2 Å². The summed E-state index contributed by atoms with van der Waals surface area (Å²) in [6.07, 6.45) is 1.55. The van der Waals surface area contributed by atoms with E-state index in [2.05, 4.69) is 0 Å². The van der Waals surface area contributed by atoms with Crippen LogP contribution >= 0.6 is 35.0 Å². The van der Waals surface area contributed by atoms with Crippen molar-refractivity contribution in [3.63, 3.8) is 0 Å². The number of rotatable bonds is 5. The van der Waals surface area contributed by atoms with E-state index in [-0.39, 0.29) is 5.84 Å². The molecule has 0 fully saturated rings. The summed E-state index contributed by atoms with van der Waals surface area (Å²) in [5.41, 5.74) is 5.25. The molecule has 0 unspecified atom stereocenters. The predicted molar refractivity (Wildman–Crippen MR) is 68.3 cm³/mol. The third-order valence-electron chi connectivity index (χ3n) is 1.75. The molecule has 3 N–H and O–H groups in total. The van der Waals surface area contributed by atoms with Gasteiger partial charge in [0.1, 0.15) is 0 Å². The lowest BCUT2D eigenvalue weighted by Crippen LogP contribution is -2.08. The quantitative estimate of drug-likeness (QED) is 0.367. The lowest BCUT2D eigenvalue weighted by atomic mass is 10.3. The van der Waals surface area contributed by atoms with Crippen molar-refractivity contribution >= 4 is 40.8 Å². The normalized spacial score (nSPS) is 10.3. The first-order valence-electron chi connectivity index (χ1n) is 4.50. The summed E-state index contributed by atoms with van der Waals surface area (Å²) in [7, 11) is 0. The minimum absolute atomic E-state index is 0.240. The molecule has 0 aliphatic carbocycles. The number of hydrogen-bond acceptors (Lipinski definition) is 2. The van der Waals surface area contributed by atoms with Gasteiger partial charge in [0, 0.05) is 11.3 Å². The van der Waals surface area contributed by atoms with Crippen LogP contribution in [0.1, 0.15) is 12.8 Å². The van der Waals surface area contributed by atoms with Crippen molar-refractivity contribution < 1.29 is 0 Å². The number of halogens is 2.